The molecule has 0 radical (unpaired) electrons. The lowest BCUT2D eigenvalue weighted by Gasteiger charge is -2.12. The molecule has 6 nitrogen and oxygen atoms in total. The highest BCUT2D eigenvalue weighted by Crippen LogP contribution is 2.20. The number of nitrogens with zero attached hydrogens (tertiary/aromatic N) is 3. The van der Waals surface area contributed by atoms with Crippen molar-refractivity contribution < 1.29 is 14.6 Å². The summed E-state index contributed by atoms with van der Waals surface area (Å²) in [6.07, 6.45) is 0. The SMILES string of the molecule is Cc1nnc(OCCN(C)C)c(C(=O)O)c1C. The van der Waals surface area contributed by atoms with Crippen LogP contribution >= 0.6 is 0 Å². The maximum Gasteiger partial charge on any atom is 0.341 e. The van der Waals surface area contributed by atoms with E-state index in [2.05, 4.69) is 10.2 Å². The minimum absolute atomic E-state index is 0.0856. The van der Waals surface area contributed by atoms with Gasteiger partial charge in [0.2, 0.25) is 5.88 Å². The summed E-state index contributed by atoms with van der Waals surface area (Å²) in [5.74, 6) is -0.956. The first-order valence-corrected chi connectivity index (χ1v) is 5.28. The molecule has 1 aromatic rings. The predicted octanol–water partition coefficient (Wildman–Crippen LogP) is 0.732. The molecule has 0 amide bonds. The summed E-state index contributed by atoms with van der Waals surface area (Å²) in [6, 6.07) is 0. The van der Waals surface area contributed by atoms with Crippen LogP contribution in [0.25, 0.3) is 0 Å². The summed E-state index contributed by atoms with van der Waals surface area (Å²) in [7, 11) is 3.82. The number of hydrogen-bond donors (Lipinski definition) is 1. The van der Waals surface area contributed by atoms with E-state index in [0.717, 1.165) is 0 Å². The number of hydrogen-bond acceptors (Lipinski definition) is 5. The molecule has 0 saturated carbocycles. The second-order valence-corrected chi connectivity index (χ2v) is 4.05. The van der Waals surface area contributed by atoms with Gasteiger partial charge in [-0.15, -0.1) is 5.10 Å². The van der Waals surface area contributed by atoms with Gasteiger partial charge in [0.25, 0.3) is 0 Å². The Morgan fingerprint density at radius 3 is 2.53 bits per heavy atom. The quantitative estimate of drug-likeness (QED) is 0.816. The first kappa shape index (κ1) is 13.4. The van der Waals surface area contributed by atoms with Gasteiger partial charge >= 0.3 is 5.97 Å². The Morgan fingerprint density at radius 2 is 2.00 bits per heavy atom. The van der Waals surface area contributed by atoms with Gasteiger partial charge in [-0.3, -0.25) is 0 Å². The molecule has 6 heteroatoms. The van der Waals surface area contributed by atoms with Gasteiger partial charge in [0.1, 0.15) is 12.2 Å². The van der Waals surface area contributed by atoms with Gasteiger partial charge in [0.05, 0.1) is 5.69 Å². The average Bonchev–Trinajstić information content (AvgIpc) is 2.22. The number of rotatable bonds is 5. The van der Waals surface area contributed by atoms with Crippen LogP contribution in [0, 0.1) is 13.8 Å². The normalized spacial score (nSPS) is 10.6. The largest absolute Gasteiger partial charge is 0.477 e. The Hall–Kier alpha value is -1.69. The number of carboxylic acid groups (broad SMARTS) is 1. The van der Waals surface area contributed by atoms with Crippen molar-refractivity contribution in [3.05, 3.63) is 16.8 Å². The Labute approximate surface area is 100 Å². The van der Waals surface area contributed by atoms with Gasteiger partial charge < -0.3 is 14.7 Å². The monoisotopic (exact) mass is 239 g/mol. The van der Waals surface area contributed by atoms with Crippen LogP contribution in [0.15, 0.2) is 0 Å². The van der Waals surface area contributed by atoms with Crippen molar-refractivity contribution in [1.29, 1.82) is 0 Å². The molecule has 1 heterocycles. The third-order valence-corrected chi connectivity index (χ3v) is 2.41. The molecule has 94 valence electrons. The van der Waals surface area contributed by atoms with Crippen molar-refractivity contribution in [3.63, 3.8) is 0 Å². The van der Waals surface area contributed by atoms with Crippen molar-refractivity contribution in [2.75, 3.05) is 27.2 Å². The fourth-order valence-corrected chi connectivity index (χ4v) is 1.26. The molecule has 0 fully saturated rings. The zero-order valence-corrected chi connectivity index (χ0v) is 10.5. The third-order valence-electron chi connectivity index (χ3n) is 2.41. The molecular weight excluding hydrogens is 222 g/mol. The van der Waals surface area contributed by atoms with Gasteiger partial charge in [-0.2, -0.15) is 5.10 Å². The highest BCUT2D eigenvalue weighted by molar-refractivity contribution is 5.91. The molecule has 0 aliphatic rings. The molecular formula is C11H17N3O3. The van der Waals surface area contributed by atoms with E-state index in [4.69, 9.17) is 9.84 Å². The number of carbonyl (C=O) groups is 1. The zero-order chi connectivity index (χ0) is 13.0. The topological polar surface area (TPSA) is 75.6 Å². The molecule has 1 aromatic heterocycles. The molecule has 17 heavy (non-hydrogen) atoms. The number of aromatic nitrogens is 2. The van der Waals surface area contributed by atoms with E-state index in [0.29, 0.717) is 24.4 Å². The minimum Gasteiger partial charge on any atom is -0.477 e. The first-order chi connectivity index (χ1) is 7.93. The highest BCUT2D eigenvalue weighted by atomic mass is 16.5. The lowest BCUT2D eigenvalue weighted by Crippen LogP contribution is -2.21. The van der Waals surface area contributed by atoms with Crippen LogP contribution in [-0.4, -0.2) is 53.4 Å². The van der Waals surface area contributed by atoms with Crippen LogP contribution in [0.2, 0.25) is 0 Å². The summed E-state index contributed by atoms with van der Waals surface area (Å²) in [6.45, 7) is 4.49. The molecule has 0 aliphatic carbocycles. The van der Waals surface area contributed by atoms with Crippen LogP contribution < -0.4 is 4.74 Å². The maximum atomic E-state index is 11.1. The molecule has 0 atom stereocenters. The fraction of sp³-hybridized carbons (Fsp3) is 0.545. The number of ether oxygens (including phenoxy) is 1. The van der Waals surface area contributed by atoms with E-state index < -0.39 is 5.97 Å². The summed E-state index contributed by atoms with van der Waals surface area (Å²) in [5, 5.41) is 16.8. The average molecular weight is 239 g/mol. The van der Waals surface area contributed by atoms with Gasteiger partial charge in [-0.25, -0.2) is 4.79 Å². The molecule has 1 N–H and O–H groups in total. The molecule has 0 aliphatic heterocycles. The van der Waals surface area contributed by atoms with Crippen molar-refractivity contribution >= 4 is 5.97 Å². The Balaban J connectivity index is 2.91. The second-order valence-electron chi connectivity index (χ2n) is 4.05. The van der Waals surface area contributed by atoms with E-state index in [-0.39, 0.29) is 11.4 Å². The lowest BCUT2D eigenvalue weighted by molar-refractivity contribution is 0.0689. The van der Waals surface area contributed by atoms with Gasteiger partial charge in [-0.05, 0) is 33.5 Å². The number of likely N-dealkylation sites (N-methyl/N-ethyl adjacent to an activating group) is 1. The Bertz CT molecular complexity index is 419. The van der Waals surface area contributed by atoms with E-state index in [1.807, 2.05) is 19.0 Å². The summed E-state index contributed by atoms with van der Waals surface area (Å²) in [4.78, 5) is 13.1. The van der Waals surface area contributed by atoms with E-state index >= 15 is 0 Å². The van der Waals surface area contributed by atoms with Crippen LogP contribution in [0.1, 0.15) is 21.6 Å². The molecule has 0 spiro atoms. The molecule has 0 aromatic carbocycles. The van der Waals surface area contributed by atoms with E-state index in [9.17, 15) is 4.79 Å². The molecule has 0 unspecified atom stereocenters. The molecule has 0 bridgehead atoms. The highest BCUT2D eigenvalue weighted by Gasteiger charge is 2.18. The standard InChI is InChI=1S/C11H17N3O3/c1-7-8(2)12-13-10(9(7)11(15)16)17-6-5-14(3)4/h5-6H2,1-4H3,(H,15,16). The van der Waals surface area contributed by atoms with Crippen molar-refractivity contribution in [3.8, 4) is 5.88 Å². The van der Waals surface area contributed by atoms with Crippen LogP contribution in [-0.2, 0) is 0 Å². The fourth-order valence-electron chi connectivity index (χ4n) is 1.26. The zero-order valence-electron chi connectivity index (χ0n) is 10.5. The number of carboxylic acids is 1. The van der Waals surface area contributed by atoms with Gasteiger partial charge in [0, 0.05) is 6.54 Å². The maximum absolute atomic E-state index is 11.1. The van der Waals surface area contributed by atoms with Gasteiger partial charge in [-0.1, -0.05) is 0 Å². The second kappa shape index (κ2) is 5.58. The van der Waals surface area contributed by atoms with E-state index in [1.165, 1.54) is 0 Å². The lowest BCUT2D eigenvalue weighted by atomic mass is 10.1. The number of aromatic carboxylic acids is 1. The Kier molecular flexibility index (Phi) is 4.39. The van der Waals surface area contributed by atoms with Crippen molar-refractivity contribution in [2.24, 2.45) is 0 Å². The molecule has 1 rings (SSSR count). The van der Waals surface area contributed by atoms with E-state index in [1.54, 1.807) is 13.8 Å². The van der Waals surface area contributed by atoms with Crippen molar-refractivity contribution in [1.82, 2.24) is 15.1 Å². The Morgan fingerprint density at radius 1 is 1.35 bits per heavy atom. The van der Waals surface area contributed by atoms with Crippen molar-refractivity contribution in [2.45, 2.75) is 13.8 Å². The van der Waals surface area contributed by atoms with Crippen LogP contribution in [0.5, 0.6) is 5.88 Å². The minimum atomic E-state index is -1.04. The predicted molar refractivity (Wildman–Crippen MR) is 62.5 cm³/mol. The van der Waals surface area contributed by atoms with Gasteiger partial charge in [0.15, 0.2) is 0 Å². The first-order valence-electron chi connectivity index (χ1n) is 5.28. The van der Waals surface area contributed by atoms with Crippen LogP contribution in [0.3, 0.4) is 0 Å². The third kappa shape index (κ3) is 3.39. The smallest absolute Gasteiger partial charge is 0.341 e. The molecule has 0 saturated heterocycles. The summed E-state index contributed by atoms with van der Waals surface area (Å²) in [5.41, 5.74) is 1.28. The van der Waals surface area contributed by atoms with Crippen LogP contribution in [0.4, 0.5) is 0 Å². The summed E-state index contributed by atoms with van der Waals surface area (Å²) < 4.78 is 5.35. The summed E-state index contributed by atoms with van der Waals surface area (Å²) >= 11 is 0. The number of aryl methyl sites for hydroxylation is 1.